The van der Waals surface area contributed by atoms with Gasteiger partial charge in [-0.2, -0.15) is 0 Å². The Morgan fingerprint density at radius 3 is 2.17 bits per heavy atom. The van der Waals surface area contributed by atoms with Gasteiger partial charge in [0.25, 0.3) is 0 Å². The van der Waals surface area contributed by atoms with Gasteiger partial charge in [-0.15, -0.1) is 12.4 Å². The van der Waals surface area contributed by atoms with E-state index in [0.29, 0.717) is 26.2 Å². The predicted molar refractivity (Wildman–Crippen MR) is 94.5 cm³/mol. The summed E-state index contributed by atoms with van der Waals surface area (Å²) in [6, 6.07) is 19.2. The Kier molecular flexibility index (Phi) is 8.98. The number of halogens is 1. The second-order valence-corrected chi connectivity index (χ2v) is 5.13. The molecule has 0 aliphatic rings. The Morgan fingerprint density at radius 2 is 1.57 bits per heavy atom. The molecule has 4 nitrogen and oxygen atoms in total. The highest BCUT2D eigenvalue weighted by Crippen LogP contribution is 2.02. The molecular weight excluding hydrogens is 312 g/mol. The SMILES string of the molecule is Cl.N[C@@H](Cc1ccccc1)C(=O)NCCOCc1ccccc1. The molecule has 0 radical (unpaired) electrons. The van der Waals surface area contributed by atoms with Crippen molar-refractivity contribution in [1.82, 2.24) is 5.32 Å². The minimum absolute atomic E-state index is 0. The van der Waals surface area contributed by atoms with Gasteiger partial charge in [-0.1, -0.05) is 60.7 Å². The summed E-state index contributed by atoms with van der Waals surface area (Å²) in [6.45, 7) is 1.49. The molecule has 2 aromatic rings. The number of nitrogens with one attached hydrogen (secondary N) is 1. The summed E-state index contributed by atoms with van der Waals surface area (Å²) in [6.07, 6.45) is 0.539. The first-order valence-corrected chi connectivity index (χ1v) is 7.44. The topological polar surface area (TPSA) is 64.4 Å². The molecule has 0 saturated carbocycles. The molecule has 0 saturated heterocycles. The van der Waals surface area contributed by atoms with Crippen LogP contribution >= 0.6 is 12.4 Å². The number of hydrogen-bond acceptors (Lipinski definition) is 3. The van der Waals surface area contributed by atoms with Crippen LogP contribution in [0, 0.1) is 0 Å². The van der Waals surface area contributed by atoms with Gasteiger partial charge in [0.15, 0.2) is 0 Å². The van der Waals surface area contributed by atoms with Crippen LogP contribution < -0.4 is 11.1 Å². The van der Waals surface area contributed by atoms with Crippen molar-refractivity contribution < 1.29 is 9.53 Å². The van der Waals surface area contributed by atoms with Crippen molar-refractivity contribution in [2.24, 2.45) is 5.73 Å². The minimum atomic E-state index is -0.531. The van der Waals surface area contributed by atoms with Crippen molar-refractivity contribution in [1.29, 1.82) is 0 Å². The molecule has 0 aliphatic heterocycles. The zero-order valence-corrected chi connectivity index (χ0v) is 13.8. The van der Waals surface area contributed by atoms with Gasteiger partial charge in [-0.3, -0.25) is 4.79 Å². The monoisotopic (exact) mass is 334 g/mol. The number of hydrogen-bond donors (Lipinski definition) is 2. The number of amides is 1. The zero-order valence-electron chi connectivity index (χ0n) is 13.0. The fraction of sp³-hybridized carbons (Fsp3) is 0.278. The molecule has 5 heteroatoms. The van der Waals surface area contributed by atoms with Gasteiger partial charge in [0.1, 0.15) is 0 Å². The molecule has 2 rings (SSSR count). The molecule has 0 heterocycles. The summed E-state index contributed by atoms with van der Waals surface area (Å²) < 4.78 is 5.51. The first-order chi connectivity index (χ1) is 10.8. The van der Waals surface area contributed by atoms with Gasteiger partial charge in [-0.05, 0) is 17.5 Å². The molecule has 2 aromatic carbocycles. The lowest BCUT2D eigenvalue weighted by Gasteiger charge is -2.12. The van der Waals surface area contributed by atoms with Crippen molar-refractivity contribution in [2.75, 3.05) is 13.2 Å². The maximum Gasteiger partial charge on any atom is 0.237 e. The number of rotatable bonds is 8. The van der Waals surface area contributed by atoms with Crippen LogP contribution in [0.3, 0.4) is 0 Å². The minimum Gasteiger partial charge on any atom is -0.375 e. The van der Waals surface area contributed by atoms with Gasteiger partial charge in [0, 0.05) is 6.54 Å². The van der Waals surface area contributed by atoms with E-state index in [2.05, 4.69) is 5.32 Å². The molecule has 0 spiro atoms. The van der Waals surface area contributed by atoms with Gasteiger partial charge >= 0.3 is 0 Å². The highest BCUT2D eigenvalue weighted by Gasteiger charge is 2.13. The molecule has 3 N–H and O–H groups in total. The Bertz CT molecular complexity index is 564. The highest BCUT2D eigenvalue weighted by molar-refractivity contribution is 5.85. The van der Waals surface area contributed by atoms with E-state index in [1.807, 2.05) is 60.7 Å². The van der Waals surface area contributed by atoms with E-state index >= 15 is 0 Å². The molecular formula is C18H23ClN2O2. The maximum absolute atomic E-state index is 11.9. The molecule has 0 aromatic heterocycles. The molecule has 1 atom stereocenters. The van der Waals surface area contributed by atoms with Crippen LogP contribution in [0.1, 0.15) is 11.1 Å². The normalized spacial score (nSPS) is 11.3. The number of nitrogens with two attached hydrogens (primary N) is 1. The lowest BCUT2D eigenvalue weighted by atomic mass is 10.1. The van der Waals surface area contributed by atoms with Crippen LogP contribution in [0.15, 0.2) is 60.7 Å². The summed E-state index contributed by atoms with van der Waals surface area (Å²) in [5.41, 5.74) is 8.08. The largest absolute Gasteiger partial charge is 0.375 e. The van der Waals surface area contributed by atoms with Crippen LogP contribution in [0.4, 0.5) is 0 Å². The third-order valence-corrected chi connectivity index (χ3v) is 3.29. The predicted octanol–water partition coefficient (Wildman–Crippen LogP) is 2.31. The van der Waals surface area contributed by atoms with Gasteiger partial charge in [-0.25, -0.2) is 0 Å². The molecule has 124 valence electrons. The third kappa shape index (κ3) is 7.28. The molecule has 0 aliphatic carbocycles. The van der Waals surface area contributed by atoms with E-state index in [0.717, 1.165) is 11.1 Å². The summed E-state index contributed by atoms with van der Waals surface area (Å²) in [5.74, 6) is -0.146. The lowest BCUT2D eigenvalue weighted by molar-refractivity contribution is -0.122. The molecule has 0 fully saturated rings. The Morgan fingerprint density at radius 1 is 1.00 bits per heavy atom. The van der Waals surface area contributed by atoms with Gasteiger partial charge < -0.3 is 15.8 Å². The first kappa shape index (κ1) is 19.2. The van der Waals surface area contributed by atoms with E-state index in [4.69, 9.17) is 10.5 Å². The number of carbonyl (C=O) groups excluding carboxylic acids is 1. The second-order valence-electron chi connectivity index (χ2n) is 5.13. The maximum atomic E-state index is 11.9. The van der Waals surface area contributed by atoms with Crippen LogP contribution in [-0.2, 0) is 22.6 Å². The van der Waals surface area contributed by atoms with Crippen LogP contribution in [0.5, 0.6) is 0 Å². The second kappa shape index (κ2) is 10.8. The number of carbonyl (C=O) groups is 1. The Labute approximate surface area is 143 Å². The summed E-state index contributed by atoms with van der Waals surface area (Å²) >= 11 is 0. The summed E-state index contributed by atoms with van der Waals surface area (Å²) in [5, 5.41) is 2.80. The van der Waals surface area contributed by atoms with Crippen LogP contribution in [-0.4, -0.2) is 25.1 Å². The fourth-order valence-electron chi connectivity index (χ4n) is 2.10. The molecule has 0 bridgehead atoms. The van der Waals surface area contributed by atoms with E-state index in [1.54, 1.807) is 0 Å². The van der Waals surface area contributed by atoms with Crippen LogP contribution in [0.25, 0.3) is 0 Å². The molecule has 0 unspecified atom stereocenters. The van der Waals surface area contributed by atoms with E-state index in [9.17, 15) is 4.79 Å². The van der Waals surface area contributed by atoms with Crippen molar-refractivity contribution in [2.45, 2.75) is 19.1 Å². The fourth-order valence-corrected chi connectivity index (χ4v) is 2.10. The quantitative estimate of drug-likeness (QED) is 0.728. The summed E-state index contributed by atoms with van der Waals surface area (Å²) in [4.78, 5) is 11.9. The van der Waals surface area contributed by atoms with Crippen molar-refractivity contribution in [3.05, 3.63) is 71.8 Å². The smallest absolute Gasteiger partial charge is 0.237 e. The van der Waals surface area contributed by atoms with Gasteiger partial charge in [0.2, 0.25) is 5.91 Å². The zero-order chi connectivity index (χ0) is 15.6. The van der Waals surface area contributed by atoms with E-state index in [1.165, 1.54) is 0 Å². The van der Waals surface area contributed by atoms with Crippen molar-refractivity contribution >= 4 is 18.3 Å². The highest BCUT2D eigenvalue weighted by atomic mass is 35.5. The first-order valence-electron chi connectivity index (χ1n) is 7.44. The summed E-state index contributed by atoms with van der Waals surface area (Å²) in [7, 11) is 0. The third-order valence-electron chi connectivity index (χ3n) is 3.29. The molecule has 23 heavy (non-hydrogen) atoms. The Hall–Kier alpha value is -1.88. The average molecular weight is 335 g/mol. The molecule has 1 amide bonds. The average Bonchev–Trinajstić information content (AvgIpc) is 2.56. The van der Waals surface area contributed by atoms with Gasteiger partial charge in [0.05, 0.1) is 19.3 Å². The van der Waals surface area contributed by atoms with Crippen molar-refractivity contribution in [3.8, 4) is 0 Å². The number of ether oxygens (including phenoxy) is 1. The Balaban J connectivity index is 0.00000264. The number of benzene rings is 2. The van der Waals surface area contributed by atoms with E-state index < -0.39 is 6.04 Å². The van der Waals surface area contributed by atoms with Crippen molar-refractivity contribution in [3.63, 3.8) is 0 Å². The van der Waals surface area contributed by atoms with Crippen LogP contribution in [0.2, 0.25) is 0 Å². The van der Waals surface area contributed by atoms with E-state index in [-0.39, 0.29) is 18.3 Å². The standard InChI is InChI=1S/C18H22N2O2.ClH/c19-17(13-15-7-3-1-4-8-15)18(21)20-11-12-22-14-16-9-5-2-6-10-16;/h1-10,17H,11-14,19H2,(H,20,21);1H/t17-;/m0./s1. The lowest BCUT2D eigenvalue weighted by Crippen LogP contribution is -2.43.